The van der Waals surface area contributed by atoms with E-state index < -0.39 is 6.10 Å². The summed E-state index contributed by atoms with van der Waals surface area (Å²) in [5.74, 6) is 0.492. The maximum atomic E-state index is 12.1. The highest BCUT2D eigenvalue weighted by molar-refractivity contribution is 5.75. The van der Waals surface area contributed by atoms with E-state index in [4.69, 9.17) is 14.2 Å². The average Bonchev–Trinajstić information content (AvgIpc) is 3.23. The summed E-state index contributed by atoms with van der Waals surface area (Å²) < 4.78 is 19.0. The second kappa shape index (κ2) is 12.1. The third-order valence-corrected chi connectivity index (χ3v) is 5.35. The van der Waals surface area contributed by atoms with Crippen molar-refractivity contribution in [2.75, 3.05) is 19.8 Å². The minimum atomic E-state index is -0.579. The molecule has 3 rings (SSSR count). The lowest BCUT2D eigenvalue weighted by Gasteiger charge is -2.16. The SMILES string of the molecule is CCOC(=O)[C@H](Cc1ccc(OCCn2c(CC)ccc2-c2ccccc2)cc1)OCC. The predicted octanol–water partition coefficient (Wildman–Crippen LogP) is 5.31. The third kappa shape index (κ3) is 6.24. The number of nitrogens with zero attached hydrogens (tertiary/aromatic N) is 1. The molecule has 0 saturated heterocycles. The van der Waals surface area contributed by atoms with Crippen molar-refractivity contribution >= 4 is 5.97 Å². The summed E-state index contributed by atoms with van der Waals surface area (Å²) in [4.78, 5) is 12.1. The topological polar surface area (TPSA) is 49.7 Å². The number of ether oxygens (including phenoxy) is 3. The van der Waals surface area contributed by atoms with Crippen LogP contribution in [0.15, 0.2) is 66.7 Å². The minimum absolute atomic E-state index is 0.317. The molecule has 0 radical (unpaired) electrons. The van der Waals surface area contributed by atoms with Gasteiger partial charge in [0.2, 0.25) is 0 Å². The van der Waals surface area contributed by atoms with Gasteiger partial charge < -0.3 is 18.8 Å². The first kappa shape index (κ1) is 23.6. The van der Waals surface area contributed by atoms with Gasteiger partial charge in [-0.3, -0.25) is 0 Å². The molecule has 1 heterocycles. The lowest BCUT2D eigenvalue weighted by molar-refractivity contribution is -0.156. The number of carbonyl (C=O) groups is 1. The predicted molar refractivity (Wildman–Crippen MR) is 127 cm³/mol. The van der Waals surface area contributed by atoms with Crippen molar-refractivity contribution in [1.29, 1.82) is 0 Å². The number of aromatic nitrogens is 1. The fraction of sp³-hybridized carbons (Fsp3) is 0.370. The zero-order valence-corrected chi connectivity index (χ0v) is 19.3. The van der Waals surface area contributed by atoms with E-state index in [2.05, 4.69) is 47.9 Å². The van der Waals surface area contributed by atoms with E-state index in [0.717, 1.165) is 24.3 Å². The Bertz CT molecular complexity index is 963. The monoisotopic (exact) mass is 435 g/mol. The second-order valence-electron chi connectivity index (χ2n) is 7.47. The zero-order valence-electron chi connectivity index (χ0n) is 19.3. The minimum Gasteiger partial charge on any atom is -0.492 e. The van der Waals surface area contributed by atoms with Gasteiger partial charge in [0, 0.05) is 24.4 Å². The van der Waals surface area contributed by atoms with Gasteiger partial charge in [0.25, 0.3) is 0 Å². The second-order valence-corrected chi connectivity index (χ2v) is 7.47. The largest absolute Gasteiger partial charge is 0.492 e. The molecule has 0 spiro atoms. The van der Waals surface area contributed by atoms with Crippen LogP contribution < -0.4 is 4.74 Å². The van der Waals surface area contributed by atoms with E-state index in [9.17, 15) is 4.79 Å². The molecule has 0 unspecified atom stereocenters. The third-order valence-electron chi connectivity index (χ3n) is 5.35. The average molecular weight is 436 g/mol. The first-order valence-corrected chi connectivity index (χ1v) is 11.4. The van der Waals surface area contributed by atoms with Gasteiger partial charge >= 0.3 is 5.97 Å². The van der Waals surface area contributed by atoms with E-state index in [1.54, 1.807) is 6.92 Å². The van der Waals surface area contributed by atoms with Gasteiger partial charge in [-0.2, -0.15) is 0 Å². The van der Waals surface area contributed by atoms with E-state index in [1.807, 2.05) is 37.3 Å². The Morgan fingerprint density at radius 2 is 1.66 bits per heavy atom. The maximum absolute atomic E-state index is 12.1. The van der Waals surface area contributed by atoms with Gasteiger partial charge in [-0.05, 0) is 55.7 Å². The molecule has 1 aromatic heterocycles. The lowest BCUT2D eigenvalue weighted by Crippen LogP contribution is -2.28. The summed E-state index contributed by atoms with van der Waals surface area (Å²) in [6.07, 6.45) is 0.879. The molecule has 0 N–H and O–H groups in total. The molecule has 2 aromatic carbocycles. The standard InChI is InChI=1S/C27H33NO4/c1-4-23-14-17-25(22-10-8-7-9-11-22)28(23)18-19-32-24-15-12-21(13-16-24)20-26(30-5-2)27(29)31-6-3/h7-17,26H,4-6,18-20H2,1-3H3/t26-/m0/s1. The zero-order chi connectivity index (χ0) is 22.8. The highest BCUT2D eigenvalue weighted by Crippen LogP contribution is 2.23. The molecule has 170 valence electrons. The highest BCUT2D eigenvalue weighted by atomic mass is 16.6. The van der Waals surface area contributed by atoms with E-state index >= 15 is 0 Å². The number of hydrogen-bond acceptors (Lipinski definition) is 4. The summed E-state index contributed by atoms with van der Waals surface area (Å²) in [6.45, 7) is 8.01. The van der Waals surface area contributed by atoms with Crippen LogP contribution in [0.1, 0.15) is 32.0 Å². The molecule has 5 heteroatoms. The van der Waals surface area contributed by atoms with Crippen LogP contribution in [0.25, 0.3) is 11.3 Å². The van der Waals surface area contributed by atoms with Crippen LogP contribution in [0.3, 0.4) is 0 Å². The first-order chi connectivity index (χ1) is 15.7. The smallest absolute Gasteiger partial charge is 0.335 e. The van der Waals surface area contributed by atoms with Crippen molar-refractivity contribution in [1.82, 2.24) is 4.57 Å². The van der Waals surface area contributed by atoms with Crippen molar-refractivity contribution in [3.05, 3.63) is 78.0 Å². The van der Waals surface area contributed by atoms with Crippen LogP contribution >= 0.6 is 0 Å². The van der Waals surface area contributed by atoms with Crippen molar-refractivity contribution < 1.29 is 19.0 Å². The molecule has 0 aliphatic carbocycles. The number of rotatable bonds is 12. The van der Waals surface area contributed by atoms with Crippen LogP contribution in [0, 0.1) is 0 Å². The van der Waals surface area contributed by atoms with Crippen LogP contribution in [0.2, 0.25) is 0 Å². The maximum Gasteiger partial charge on any atom is 0.335 e. The van der Waals surface area contributed by atoms with E-state index in [-0.39, 0.29) is 5.97 Å². The van der Waals surface area contributed by atoms with Gasteiger partial charge in [-0.15, -0.1) is 0 Å². The summed E-state index contributed by atoms with van der Waals surface area (Å²) in [6, 6.07) is 22.6. The Morgan fingerprint density at radius 3 is 2.31 bits per heavy atom. The number of esters is 1. The molecule has 0 amide bonds. The van der Waals surface area contributed by atoms with Crippen molar-refractivity contribution in [3.63, 3.8) is 0 Å². The Balaban J connectivity index is 1.59. The summed E-state index contributed by atoms with van der Waals surface area (Å²) in [7, 11) is 0. The number of benzene rings is 2. The van der Waals surface area contributed by atoms with Crippen molar-refractivity contribution in [2.24, 2.45) is 0 Å². The van der Waals surface area contributed by atoms with Crippen LogP contribution in [-0.4, -0.2) is 36.5 Å². The van der Waals surface area contributed by atoms with E-state index in [0.29, 0.717) is 26.2 Å². The molecule has 0 saturated carbocycles. The summed E-state index contributed by atoms with van der Waals surface area (Å²) >= 11 is 0. The van der Waals surface area contributed by atoms with E-state index in [1.165, 1.54) is 17.0 Å². The van der Waals surface area contributed by atoms with Gasteiger partial charge in [-0.25, -0.2) is 4.79 Å². The molecular weight excluding hydrogens is 402 g/mol. The molecule has 0 bridgehead atoms. The van der Waals surface area contributed by atoms with Gasteiger partial charge in [0.1, 0.15) is 12.4 Å². The van der Waals surface area contributed by atoms with Gasteiger partial charge in [0.15, 0.2) is 6.10 Å². The fourth-order valence-electron chi connectivity index (χ4n) is 3.78. The Hall–Kier alpha value is -3.05. The molecular formula is C27H33NO4. The Morgan fingerprint density at radius 1 is 0.906 bits per heavy atom. The van der Waals surface area contributed by atoms with Gasteiger partial charge in [0.05, 0.1) is 13.2 Å². The molecule has 1 atom stereocenters. The van der Waals surface area contributed by atoms with Gasteiger partial charge in [-0.1, -0.05) is 49.4 Å². The summed E-state index contributed by atoms with van der Waals surface area (Å²) in [5.41, 5.74) is 4.72. The Labute approximate surface area is 190 Å². The van der Waals surface area contributed by atoms with Crippen molar-refractivity contribution in [3.8, 4) is 17.0 Å². The molecule has 3 aromatic rings. The molecule has 32 heavy (non-hydrogen) atoms. The van der Waals surface area contributed by atoms with Crippen LogP contribution in [0.4, 0.5) is 0 Å². The van der Waals surface area contributed by atoms with Crippen LogP contribution in [-0.2, 0) is 33.7 Å². The molecule has 0 fully saturated rings. The fourth-order valence-corrected chi connectivity index (χ4v) is 3.78. The van der Waals surface area contributed by atoms with Crippen LogP contribution in [0.5, 0.6) is 5.75 Å². The number of carbonyl (C=O) groups excluding carboxylic acids is 1. The highest BCUT2D eigenvalue weighted by Gasteiger charge is 2.20. The molecule has 0 aliphatic rings. The van der Waals surface area contributed by atoms with Crippen molar-refractivity contribution in [2.45, 2.75) is 46.3 Å². The number of hydrogen-bond donors (Lipinski definition) is 0. The quantitative estimate of drug-likeness (QED) is 0.362. The normalized spacial score (nSPS) is 11.8. The molecule has 5 nitrogen and oxygen atoms in total. The first-order valence-electron chi connectivity index (χ1n) is 11.4. The number of aryl methyl sites for hydroxylation is 1. The Kier molecular flexibility index (Phi) is 8.93. The summed E-state index contributed by atoms with van der Waals surface area (Å²) in [5, 5.41) is 0. The lowest BCUT2D eigenvalue weighted by atomic mass is 10.1. The molecule has 0 aliphatic heterocycles.